The Morgan fingerprint density at radius 2 is 1.19 bits per heavy atom. The van der Waals surface area contributed by atoms with Crippen LogP contribution in [-0.2, 0) is 19.1 Å². The maximum absolute atomic E-state index is 13.5. The monoisotopic (exact) mass is 1520 g/mol. The average Bonchev–Trinajstić information content (AvgIpc) is 1.61. The van der Waals surface area contributed by atoms with Gasteiger partial charge < -0.3 is 117 Å². The molecule has 3 unspecified atom stereocenters. The molecule has 5 rings (SSSR count). The Bertz CT molecular complexity index is 3000. The number of halogens is 1. The SMILES string of the molecule is C=C(CC[C@@H](O)[C@H]1C[C@@H](O)[C@@H](O)[C@H]([C@@H](O)[C@H](O)/C=C(\C)CC[C@H](O)C[C@H](O)[C@H](O)[C@@H](C)C[C@H](O)[C@@H](O)CCCCC[C@@H](O)CCC[C@@H](O)/C=C/C[C@@H](O)/C=C/C[C@H](O)CO)O1)[C@@H](O)[C@@H](O)[C@H]1C[C@@H](O)[C@@H](O)[C@H]([C@@H](O)[C@H](O)/C=C/CC/C=C/C=C/C=C/CCC2C=CCC3C(=O)N(c4ccc([19F])cc4)C(=O)C23)O1. The number of carbonyl (C=O) groups is 2. The molecule has 0 spiro atoms. The molecule has 26 nitrogen and oxygen atoms in total. The summed E-state index contributed by atoms with van der Waals surface area (Å²) >= 11 is 0. The van der Waals surface area contributed by atoms with Crippen LogP contribution in [0.1, 0.15) is 162 Å². The summed E-state index contributed by atoms with van der Waals surface area (Å²) in [4.78, 5) is 27.8. The quantitative estimate of drug-likeness (QED) is 0.0193. The largest absolute Gasteiger partial charge is 0.394 e. The molecule has 28 atom stereocenters. The molecular formula is C80H124FNO25. The number of benzene rings is 1. The molecule has 606 valence electrons. The maximum Gasteiger partial charge on any atom is 0.238 e. The summed E-state index contributed by atoms with van der Waals surface area (Å²) < 4.78 is 25.2. The van der Waals surface area contributed by atoms with Gasteiger partial charge in [-0.1, -0.05) is 129 Å². The van der Waals surface area contributed by atoms with Gasteiger partial charge in [-0.25, -0.2) is 4.39 Å². The first kappa shape index (κ1) is 92.6. The van der Waals surface area contributed by atoms with E-state index < -0.39 is 170 Å². The van der Waals surface area contributed by atoms with E-state index in [0.29, 0.717) is 88.3 Å². The molecular weight excluding hydrogens is 1390 g/mol. The predicted molar refractivity (Wildman–Crippen MR) is 396 cm³/mol. The van der Waals surface area contributed by atoms with Gasteiger partial charge in [-0.05, 0) is 158 Å². The Morgan fingerprint density at radius 3 is 1.86 bits per heavy atom. The fourth-order valence-corrected chi connectivity index (χ4v) is 14.1. The summed E-state index contributed by atoms with van der Waals surface area (Å²) in [6.07, 6.45) is -1.53. The molecule has 3 saturated heterocycles. The van der Waals surface area contributed by atoms with E-state index in [-0.39, 0.29) is 101 Å². The van der Waals surface area contributed by atoms with Gasteiger partial charge in [-0.2, -0.15) is 0 Å². The lowest BCUT2D eigenvalue weighted by molar-refractivity contribution is -0.234. The lowest BCUT2D eigenvalue weighted by Crippen LogP contribution is -2.59. The molecule has 0 bridgehead atoms. The van der Waals surface area contributed by atoms with Crippen molar-refractivity contribution in [2.45, 2.75) is 308 Å². The fraction of sp³-hybridized carbons (Fsp3) is 0.675. The van der Waals surface area contributed by atoms with Crippen LogP contribution < -0.4 is 4.90 Å². The number of allylic oxidation sites excluding steroid dienone is 10. The Hall–Kier alpha value is -4.97. The summed E-state index contributed by atoms with van der Waals surface area (Å²) in [7, 11) is 0. The number of carbonyl (C=O) groups excluding carboxylic acids is 2. The van der Waals surface area contributed by atoms with E-state index in [0.717, 1.165) is 0 Å². The highest BCUT2D eigenvalue weighted by atomic mass is 19.1. The second-order valence-electron chi connectivity index (χ2n) is 29.7. The molecule has 1 aromatic rings. The third-order valence-electron chi connectivity index (χ3n) is 20.8. The van der Waals surface area contributed by atoms with E-state index in [4.69, 9.17) is 14.6 Å². The van der Waals surface area contributed by atoms with Crippen molar-refractivity contribution in [3.8, 4) is 0 Å². The molecule has 0 radical (unpaired) electrons. The average molecular weight is 1520 g/mol. The van der Waals surface area contributed by atoms with Crippen LogP contribution in [0, 0.1) is 29.5 Å². The molecule has 0 saturated carbocycles. The van der Waals surface area contributed by atoms with Gasteiger partial charge in [-0.3, -0.25) is 14.5 Å². The number of hydrogen-bond acceptors (Lipinski definition) is 25. The summed E-state index contributed by atoms with van der Waals surface area (Å²) in [6.45, 7) is 6.65. The summed E-state index contributed by atoms with van der Waals surface area (Å²) in [5.74, 6) is -2.72. The third-order valence-corrected chi connectivity index (χ3v) is 20.8. The molecule has 3 fully saturated rings. The smallest absolute Gasteiger partial charge is 0.238 e. The predicted octanol–water partition coefficient (Wildman–Crippen LogP) is 2.31. The van der Waals surface area contributed by atoms with Gasteiger partial charge >= 0.3 is 0 Å². The molecule has 107 heavy (non-hydrogen) atoms. The third kappa shape index (κ3) is 30.6. The van der Waals surface area contributed by atoms with Crippen molar-refractivity contribution in [1.82, 2.24) is 0 Å². The van der Waals surface area contributed by atoms with Crippen molar-refractivity contribution in [2.75, 3.05) is 11.5 Å². The summed E-state index contributed by atoms with van der Waals surface area (Å²) in [5, 5.41) is 224. The van der Waals surface area contributed by atoms with Gasteiger partial charge in [0.1, 0.15) is 66.9 Å². The van der Waals surface area contributed by atoms with E-state index in [2.05, 4.69) is 6.58 Å². The van der Waals surface area contributed by atoms with Crippen LogP contribution in [0.25, 0.3) is 0 Å². The molecule has 1 aromatic carbocycles. The van der Waals surface area contributed by atoms with Gasteiger partial charge in [0.15, 0.2) is 0 Å². The highest BCUT2D eigenvalue weighted by molar-refractivity contribution is 6.22. The zero-order valence-electron chi connectivity index (χ0n) is 61.7. The van der Waals surface area contributed by atoms with Crippen LogP contribution in [0.5, 0.6) is 0 Å². The number of hydrogen-bond donors (Lipinski definition) is 21. The Labute approximate surface area is 627 Å². The summed E-state index contributed by atoms with van der Waals surface area (Å²) in [6, 6.07) is 5.32. The van der Waals surface area contributed by atoms with Gasteiger partial charge in [0.25, 0.3) is 0 Å². The number of fused-ring (bicyclic) bond motifs is 1. The van der Waals surface area contributed by atoms with Crippen LogP contribution in [0.2, 0.25) is 0 Å². The van der Waals surface area contributed by atoms with E-state index >= 15 is 0 Å². The van der Waals surface area contributed by atoms with Gasteiger partial charge in [0.05, 0.1) is 110 Å². The van der Waals surface area contributed by atoms with Crippen LogP contribution in [0.4, 0.5) is 10.1 Å². The molecule has 21 N–H and O–H groups in total. The second-order valence-corrected chi connectivity index (χ2v) is 29.7. The Morgan fingerprint density at radius 1 is 0.589 bits per heavy atom. The van der Waals surface area contributed by atoms with Crippen molar-refractivity contribution >= 4 is 17.5 Å². The zero-order valence-corrected chi connectivity index (χ0v) is 61.7. The molecule has 4 aliphatic rings. The minimum absolute atomic E-state index is 0.0177. The lowest BCUT2D eigenvalue weighted by atomic mass is 9.75. The fourth-order valence-electron chi connectivity index (χ4n) is 14.1. The minimum Gasteiger partial charge on any atom is -0.394 e. The van der Waals surface area contributed by atoms with E-state index in [1.807, 2.05) is 48.6 Å². The van der Waals surface area contributed by atoms with Crippen molar-refractivity contribution in [1.29, 1.82) is 0 Å². The molecule has 3 heterocycles. The minimum atomic E-state index is -1.85. The van der Waals surface area contributed by atoms with Crippen molar-refractivity contribution < 1.29 is 131 Å². The standard InChI is InChI=1S/C80H124FNO25/c1-47(33-39-56(87)43-64(94)70(97)49(3)42-62(92)59(89)31-16-12-14-23-53(84)24-18-25-54(85)26-19-27-55(86)28-20-29-57(88)46-83)41-63(93)73(100)78-74(101)65(95)44-67(106-78)60(90)40-34-48(2)71(98)76(103)68-45-66(96)75(102)77(107-68)72(99)61(91)32-15-11-9-7-5-4-6-8-10-13-21-50-22-17-30-58-69(50)80(105)82(79(58)104)52-37-35-51(81)36-38-52/h4-8,10,15,17,19-20,22,26,28,32,35-38,41,49-50,53-78,83-103H,2,9,11-14,16,18,21,23-25,27,29-31,33-34,39-40,42-46H2,1,3H3/b6-4+,7-5+,10-8+,26-19+,28-20+,32-15+,47-41+/t49-,50?,53+,54+,55+,56-,57-,58?,59-,60+,61+,62-,63+,64-,65+,66+,67+,68+,69?,70+,71+,72-,73-,74+,75+,76-,77-,78-/m0/s1/i81+0. The number of anilines is 1. The first-order valence-electron chi connectivity index (χ1n) is 38.0. The molecule has 3 aliphatic heterocycles. The highest BCUT2D eigenvalue weighted by Crippen LogP contribution is 2.43. The molecule has 2 amide bonds. The van der Waals surface area contributed by atoms with Crippen molar-refractivity contribution in [3.63, 3.8) is 0 Å². The molecule has 27 heteroatoms. The van der Waals surface area contributed by atoms with E-state index in [9.17, 15) is 116 Å². The second kappa shape index (κ2) is 48.1. The number of rotatable bonds is 49. The first-order valence-corrected chi connectivity index (χ1v) is 38.0. The zero-order chi connectivity index (χ0) is 79.0. The van der Waals surface area contributed by atoms with Crippen LogP contribution in [-0.4, -0.2) is 272 Å². The maximum atomic E-state index is 13.5. The van der Waals surface area contributed by atoms with Gasteiger partial charge in [0.2, 0.25) is 11.8 Å². The number of aliphatic hydroxyl groups excluding tert-OH is 21. The number of ether oxygens (including phenoxy) is 2. The molecule has 1 aliphatic carbocycles. The lowest BCUT2D eigenvalue weighted by Gasteiger charge is -2.42. The number of aliphatic hydroxyl groups is 21. The van der Waals surface area contributed by atoms with E-state index in [1.54, 1.807) is 38.2 Å². The van der Waals surface area contributed by atoms with Gasteiger partial charge in [0, 0.05) is 19.3 Å². The van der Waals surface area contributed by atoms with Gasteiger partial charge in [-0.15, -0.1) is 0 Å². The van der Waals surface area contributed by atoms with E-state index in [1.165, 1.54) is 47.4 Å². The molecule has 0 aromatic heterocycles. The Balaban J connectivity index is 0.947. The first-order chi connectivity index (χ1) is 50.8. The number of imide groups is 1. The van der Waals surface area contributed by atoms with Crippen LogP contribution in [0.3, 0.4) is 0 Å². The van der Waals surface area contributed by atoms with Crippen molar-refractivity contribution in [2.24, 2.45) is 23.7 Å². The number of nitrogens with zero attached hydrogens (tertiary/aromatic N) is 1. The Kier molecular flexibility index (Phi) is 41.6. The number of amides is 2. The van der Waals surface area contributed by atoms with Crippen LogP contribution in [0.15, 0.2) is 133 Å². The van der Waals surface area contributed by atoms with Crippen molar-refractivity contribution in [3.05, 3.63) is 139 Å². The van der Waals surface area contributed by atoms with Crippen LogP contribution >= 0.6 is 0 Å². The number of unbranched alkanes of at least 4 members (excludes halogenated alkanes) is 3. The topological polar surface area (TPSA) is 481 Å². The normalized spacial score (nSPS) is 28.3. The summed E-state index contributed by atoms with van der Waals surface area (Å²) in [5.41, 5.74) is 0.808. The highest BCUT2D eigenvalue weighted by Gasteiger charge is 2.52.